The van der Waals surface area contributed by atoms with Crippen molar-refractivity contribution in [2.75, 3.05) is 12.3 Å². The molecule has 0 bridgehead atoms. The summed E-state index contributed by atoms with van der Waals surface area (Å²) in [6.07, 6.45) is 6.56. The summed E-state index contributed by atoms with van der Waals surface area (Å²) in [7, 11) is 0. The van der Waals surface area contributed by atoms with E-state index in [1.54, 1.807) is 0 Å². The van der Waals surface area contributed by atoms with Crippen molar-refractivity contribution >= 4 is 17.5 Å². The van der Waals surface area contributed by atoms with Crippen molar-refractivity contribution in [1.82, 2.24) is 10.6 Å². The number of carbonyl (C=O) groups excluding carboxylic acids is 2. The van der Waals surface area contributed by atoms with Crippen LogP contribution >= 0.6 is 0 Å². The standard InChI is InChI=1S/C19H29N3O2/c1-14(22-19(24)16-5-3-2-4-6-16)13-18(23)21-12-11-15-7-9-17(20)10-8-15/h7-10,14,16H,2-6,11-13,20H2,1H3,(H,21,23)(H,22,24). The first kappa shape index (κ1) is 18.3. The predicted molar refractivity (Wildman–Crippen MR) is 96.4 cm³/mol. The fraction of sp³-hybridized carbons (Fsp3) is 0.579. The van der Waals surface area contributed by atoms with Crippen LogP contribution in [-0.4, -0.2) is 24.4 Å². The van der Waals surface area contributed by atoms with Gasteiger partial charge in [0.05, 0.1) is 0 Å². The summed E-state index contributed by atoms with van der Waals surface area (Å²) < 4.78 is 0. The zero-order chi connectivity index (χ0) is 17.4. The minimum absolute atomic E-state index is 0.0260. The van der Waals surface area contributed by atoms with Gasteiger partial charge < -0.3 is 16.4 Å². The number of nitrogen functional groups attached to an aromatic ring is 1. The van der Waals surface area contributed by atoms with E-state index in [0.29, 0.717) is 13.0 Å². The lowest BCUT2D eigenvalue weighted by molar-refractivity contribution is -0.127. The number of hydrogen-bond donors (Lipinski definition) is 3. The third-order valence-corrected chi connectivity index (χ3v) is 4.57. The zero-order valence-corrected chi connectivity index (χ0v) is 14.5. The van der Waals surface area contributed by atoms with E-state index >= 15 is 0 Å². The van der Waals surface area contributed by atoms with Gasteiger partial charge in [-0.25, -0.2) is 0 Å². The summed E-state index contributed by atoms with van der Waals surface area (Å²) >= 11 is 0. The van der Waals surface area contributed by atoms with Crippen LogP contribution in [-0.2, 0) is 16.0 Å². The Morgan fingerprint density at radius 1 is 1.17 bits per heavy atom. The molecule has 1 aliphatic carbocycles. The number of hydrogen-bond acceptors (Lipinski definition) is 3. The lowest BCUT2D eigenvalue weighted by Crippen LogP contribution is -2.41. The Morgan fingerprint density at radius 3 is 2.50 bits per heavy atom. The van der Waals surface area contributed by atoms with Crippen molar-refractivity contribution in [2.45, 2.75) is 57.9 Å². The van der Waals surface area contributed by atoms with Crippen LogP contribution < -0.4 is 16.4 Å². The maximum atomic E-state index is 12.2. The number of nitrogens with one attached hydrogen (secondary N) is 2. The molecule has 0 heterocycles. The highest BCUT2D eigenvalue weighted by Gasteiger charge is 2.22. The molecule has 2 amide bonds. The molecule has 0 aromatic heterocycles. The summed E-state index contributed by atoms with van der Waals surface area (Å²) in [5.41, 5.74) is 7.53. The van der Waals surface area contributed by atoms with Crippen LogP contribution in [0.4, 0.5) is 5.69 Å². The molecule has 1 aromatic rings. The van der Waals surface area contributed by atoms with Gasteiger partial charge in [-0.3, -0.25) is 9.59 Å². The van der Waals surface area contributed by atoms with Crippen molar-refractivity contribution in [3.05, 3.63) is 29.8 Å². The maximum Gasteiger partial charge on any atom is 0.223 e. The first-order valence-corrected chi connectivity index (χ1v) is 8.96. The Labute approximate surface area is 144 Å². The second-order valence-electron chi connectivity index (χ2n) is 6.79. The van der Waals surface area contributed by atoms with Crippen LogP contribution in [0.1, 0.15) is 51.0 Å². The van der Waals surface area contributed by atoms with Gasteiger partial charge in [0.25, 0.3) is 0 Å². The quantitative estimate of drug-likeness (QED) is 0.671. The Kier molecular flexibility index (Phi) is 7.09. The first-order chi connectivity index (χ1) is 11.5. The van der Waals surface area contributed by atoms with Gasteiger partial charge in [-0.05, 0) is 43.9 Å². The fourth-order valence-corrected chi connectivity index (χ4v) is 3.16. The van der Waals surface area contributed by atoms with Crippen molar-refractivity contribution in [3.63, 3.8) is 0 Å². The van der Waals surface area contributed by atoms with Crippen LogP contribution in [0.5, 0.6) is 0 Å². The van der Waals surface area contributed by atoms with E-state index < -0.39 is 0 Å². The van der Waals surface area contributed by atoms with E-state index in [1.165, 1.54) is 6.42 Å². The number of rotatable bonds is 7. The normalized spacial score (nSPS) is 16.4. The van der Waals surface area contributed by atoms with E-state index in [-0.39, 0.29) is 23.8 Å². The van der Waals surface area contributed by atoms with E-state index in [2.05, 4.69) is 10.6 Å². The summed E-state index contributed by atoms with van der Waals surface area (Å²) in [5.74, 6) is 0.216. The molecule has 5 nitrogen and oxygen atoms in total. The summed E-state index contributed by atoms with van der Waals surface area (Å²) in [6, 6.07) is 7.53. The average Bonchev–Trinajstić information content (AvgIpc) is 2.57. The van der Waals surface area contributed by atoms with Gasteiger partial charge in [-0.1, -0.05) is 31.4 Å². The second-order valence-corrected chi connectivity index (χ2v) is 6.79. The minimum Gasteiger partial charge on any atom is -0.399 e. The topological polar surface area (TPSA) is 84.2 Å². The Hall–Kier alpha value is -2.04. The molecule has 2 rings (SSSR count). The van der Waals surface area contributed by atoms with Gasteiger partial charge in [-0.15, -0.1) is 0 Å². The molecule has 0 radical (unpaired) electrons. The molecular formula is C19H29N3O2. The van der Waals surface area contributed by atoms with E-state index in [0.717, 1.165) is 43.4 Å². The average molecular weight is 331 g/mol. The molecule has 1 atom stereocenters. The SMILES string of the molecule is CC(CC(=O)NCCc1ccc(N)cc1)NC(=O)C1CCCCC1. The molecule has 0 saturated heterocycles. The third kappa shape index (κ3) is 6.22. The zero-order valence-electron chi connectivity index (χ0n) is 14.5. The summed E-state index contributed by atoms with van der Waals surface area (Å²) in [4.78, 5) is 24.1. The van der Waals surface area contributed by atoms with Crippen LogP contribution in [0, 0.1) is 5.92 Å². The maximum absolute atomic E-state index is 12.2. The second kappa shape index (κ2) is 9.30. The number of anilines is 1. The van der Waals surface area contributed by atoms with Crippen molar-refractivity contribution in [2.24, 2.45) is 5.92 Å². The van der Waals surface area contributed by atoms with Crippen molar-refractivity contribution in [1.29, 1.82) is 0 Å². The van der Waals surface area contributed by atoms with Gasteiger partial charge in [0.1, 0.15) is 0 Å². The minimum atomic E-state index is -0.129. The van der Waals surface area contributed by atoms with E-state index in [1.807, 2.05) is 31.2 Å². The number of benzene rings is 1. The molecule has 132 valence electrons. The molecule has 1 unspecified atom stereocenters. The van der Waals surface area contributed by atoms with Crippen LogP contribution in [0.15, 0.2) is 24.3 Å². The molecular weight excluding hydrogens is 302 g/mol. The number of amides is 2. The van der Waals surface area contributed by atoms with Gasteiger partial charge >= 0.3 is 0 Å². The molecule has 1 fully saturated rings. The molecule has 0 aliphatic heterocycles. The van der Waals surface area contributed by atoms with Gasteiger partial charge in [0.2, 0.25) is 11.8 Å². The van der Waals surface area contributed by atoms with Gasteiger partial charge in [0, 0.05) is 30.6 Å². The highest BCUT2D eigenvalue weighted by atomic mass is 16.2. The van der Waals surface area contributed by atoms with Crippen molar-refractivity contribution < 1.29 is 9.59 Å². The smallest absolute Gasteiger partial charge is 0.223 e. The molecule has 1 aromatic carbocycles. The Morgan fingerprint density at radius 2 is 1.83 bits per heavy atom. The van der Waals surface area contributed by atoms with Gasteiger partial charge in [-0.2, -0.15) is 0 Å². The lowest BCUT2D eigenvalue weighted by atomic mass is 9.88. The van der Waals surface area contributed by atoms with E-state index in [9.17, 15) is 9.59 Å². The molecule has 1 aliphatic rings. The van der Waals surface area contributed by atoms with Gasteiger partial charge in [0.15, 0.2) is 0 Å². The van der Waals surface area contributed by atoms with Crippen molar-refractivity contribution in [3.8, 4) is 0 Å². The fourth-order valence-electron chi connectivity index (χ4n) is 3.16. The van der Waals surface area contributed by atoms with Crippen LogP contribution in [0.3, 0.4) is 0 Å². The van der Waals surface area contributed by atoms with Crippen LogP contribution in [0.2, 0.25) is 0 Å². The summed E-state index contributed by atoms with van der Waals surface area (Å²) in [6.45, 7) is 2.48. The Bertz CT molecular complexity index is 536. The molecule has 4 N–H and O–H groups in total. The lowest BCUT2D eigenvalue weighted by Gasteiger charge is -2.23. The van der Waals surface area contributed by atoms with E-state index in [4.69, 9.17) is 5.73 Å². The summed E-state index contributed by atoms with van der Waals surface area (Å²) in [5, 5.41) is 5.89. The third-order valence-electron chi connectivity index (χ3n) is 4.57. The highest BCUT2D eigenvalue weighted by molar-refractivity contribution is 5.81. The monoisotopic (exact) mass is 331 g/mol. The molecule has 0 spiro atoms. The predicted octanol–water partition coefficient (Wildman–Crippen LogP) is 2.40. The highest BCUT2D eigenvalue weighted by Crippen LogP contribution is 2.23. The molecule has 1 saturated carbocycles. The first-order valence-electron chi connectivity index (χ1n) is 8.96. The molecule has 24 heavy (non-hydrogen) atoms. The molecule has 5 heteroatoms. The Balaban J connectivity index is 1.63. The largest absolute Gasteiger partial charge is 0.399 e. The number of carbonyl (C=O) groups is 2. The number of nitrogens with two attached hydrogens (primary N) is 1. The van der Waals surface area contributed by atoms with Crippen LogP contribution in [0.25, 0.3) is 0 Å².